The van der Waals surface area contributed by atoms with Crippen LogP contribution in [-0.2, 0) is 16.6 Å². The Hall–Kier alpha value is -3.39. The lowest BCUT2D eigenvalue weighted by Gasteiger charge is -2.35. The van der Waals surface area contributed by atoms with Gasteiger partial charge in [-0.3, -0.25) is 9.69 Å². The second-order valence-corrected chi connectivity index (χ2v) is 8.08. The number of hydrogen-bond acceptors (Lipinski definition) is 5. The van der Waals surface area contributed by atoms with Gasteiger partial charge in [0.25, 0.3) is 0 Å². The quantitative estimate of drug-likeness (QED) is 0.620. The lowest BCUT2D eigenvalue weighted by molar-refractivity contribution is -0.117. The van der Waals surface area contributed by atoms with Crippen LogP contribution in [0.5, 0.6) is 0 Å². The van der Waals surface area contributed by atoms with Gasteiger partial charge >= 0.3 is 5.97 Å². The van der Waals surface area contributed by atoms with E-state index in [1.165, 1.54) is 19.2 Å². The number of aryl methyl sites for hydroxylation is 2. The third kappa shape index (κ3) is 4.31. The highest BCUT2D eigenvalue weighted by Crippen LogP contribution is 2.32. The number of fused-ring (bicyclic) bond motifs is 1. The molecule has 0 aliphatic carbocycles. The maximum atomic E-state index is 13.2. The van der Waals surface area contributed by atoms with Crippen molar-refractivity contribution in [3.8, 4) is 0 Å². The Bertz CT molecular complexity index is 1150. The van der Waals surface area contributed by atoms with Gasteiger partial charge in [0.1, 0.15) is 5.82 Å². The first-order valence-electron chi connectivity index (χ1n) is 10.6. The van der Waals surface area contributed by atoms with Gasteiger partial charge in [-0.05, 0) is 43.3 Å². The van der Waals surface area contributed by atoms with Crippen molar-refractivity contribution in [3.05, 3.63) is 59.5 Å². The number of nitrogens with zero attached hydrogens (tertiary/aromatic N) is 3. The van der Waals surface area contributed by atoms with Crippen molar-refractivity contribution in [1.82, 2.24) is 9.47 Å². The highest BCUT2D eigenvalue weighted by Gasteiger charge is 2.25. The van der Waals surface area contributed by atoms with E-state index in [0.29, 0.717) is 24.5 Å². The summed E-state index contributed by atoms with van der Waals surface area (Å²) >= 11 is 0. The molecule has 1 aliphatic heterocycles. The van der Waals surface area contributed by atoms with E-state index in [1.807, 2.05) is 25.1 Å². The molecule has 0 bridgehead atoms. The second-order valence-electron chi connectivity index (χ2n) is 8.08. The highest BCUT2D eigenvalue weighted by molar-refractivity contribution is 6.11. The number of piperazine rings is 1. The van der Waals surface area contributed by atoms with Gasteiger partial charge in [-0.25, -0.2) is 9.18 Å². The first-order valence-corrected chi connectivity index (χ1v) is 10.6. The number of amides is 1. The van der Waals surface area contributed by atoms with Crippen molar-refractivity contribution < 1.29 is 18.7 Å². The molecule has 2 aromatic carbocycles. The first-order chi connectivity index (χ1) is 15.4. The minimum absolute atomic E-state index is 0.181. The van der Waals surface area contributed by atoms with Crippen LogP contribution in [0.4, 0.5) is 15.8 Å². The molecule has 1 N–H and O–H groups in total. The van der Waals surface area contributed by atoms with E-state index in [4.69, 9.17) is 4.74 Å². The van der Waals surface area contributed by atoms with Crippen LogP contribution in [0.2, 0.25) is 0 Å². The second kappa shape index (κ2) is 9.00. The highest BCUT2D eigenvalue weighted by atomic mass is 19.1. The lowest BCUT2D eigenvalue weighted by atomic mass is 10.1. The van der Waals surface area contributed by atoms with E-state index in [1.54, 1.807) is 23.7 Å². The number of rotatable bonds is 5. The topological polar surface area (TPSA) is 66.8 Å². The average molecular weight is 439 g/mol. The molecule has 0 radical (unpaired) electrons. The molecule has 1 fully saturated rings. The molecule has 1 aliphatic rings. The van der Waals surface area contributed by atoms with Gasteiger partial charge in [-0.1, -0.05) is 11.6 Å². The summed E-state index contributed by atoms with van der Waals surface area (Å²) in [5.41, 5.74) is 3.66. The van der Waals surface area contributed by atoms with Crippen molar-refractivity contribution >= 4 is 34.2 Å². The van der Waals surface area contributed by atoms with Crippen LogP contribution in [0, 0.1) is 12.7 Å². The van der Waals surface area contributed by atoms with Gasteiger partial charge in [0.05, 0.1) is 24.9 Å². The summed E-state index contributed by atoms with van der Waals surface area (Å²) in [6.07, 6.45) is 0. The molecule has 2 heterocycles. The van der Waals surface area contributed by atoms with Gasteiger partial charge in [-0.2, -0.15) is 0 Å². The number of methoxy groups -OCH3 is 1. The Balaban J connectivity index is 1.46. The molecule has 7 nitrogen and oxygen atoms in total. The first kappa shape index (κ1) is 21.8. The summed E-state index contributed by atoms with van der Waals surface area (Å²) < 4.78 is 19.9. The number of carbonyl (C=O) groups is 2. The van der Waals surface area contributed by atoms with Gasteiger partial charge in [0, 0.05) is 44.3 Å². The smallest absolute Gasteiger partial charge is 0.356 e. The summed E-state index contributed by atoms with van der Waals surface area (Å²) in [5.74, 6) is -0.928. The van der Waals surface area contributed by atoms with Crippen molar-refractivity contribution in [2.45, 2.75) is 6.92 Å². The summed E-state index contributed by atoms with van der Waals surface area (Å²) in [6, 6.07) is 12.3. The number of halogens is 1. The maximum Gasteiger partial charge on any atom is 0.356 e. The van der Waals surface area contributed by atoms with E-state index >= 15 is 0 Å². The third-order valence-corrected chi connectivity index (χ3v) is 5.93. The zero-order valence-electron chi connectivity index (χ0n) is 18.5. The Morgan fingerprint density at radius 1 is 1.06 bits per heavy atom. The largest absolute Gasteiger partial charge is 0.464 e. The van der Waals surface area contributed by atoms with E-state index in [0.717, 1.165) is 35.2 Å². The van der Waals surface area contributed by atoms with Gasteiger partial charge in [0.15, 0.2) is 5.69 Å². The minimum atomic E-state index is -0.496. The van der Waals surface area contributed by atoms with Crippen molar-refractivity contribution in [1.29, 1.82) is 0 Å². The molecule has 3 aromatic rings. The molecule has 0 saturated carbocycles. The fraction of sp³-hybridized carbons (Fsp3) is 0.333. The monoisotopic (exact) mass is 438 g/mol. The molecule has 1 saturated heterocycles. The zero-order chi connectivity index (χ0) is 22.8. The third-order valence-electron chi connectivity index (χ3n) is 5.93. The predicted molar refractivity (Wildman–Crippen MR) is 123 cm³/mol. The van der Waals surface area contributed by atoms with Crippen LogP contribution in [0.15, 0.2) is 42.5 Å². The van der Waals surface area contributed by atoms with E-state index < -0.39 is 5.97 Å². The molecular formula is C24H27FN4O3. The Morgan fingerprint density at radius 2 is 1.75 bits per heavy atom. The molecule has 1 amide bonds. The molecular weight excluding hydrogens is 411 g/mol. The van der Waals surface area contributed by atoms with E-state index in [2.05, 4.69) is 15.1 Å². The Kier molecular flexibility index (Phi) is 6.14. The van der Waals surface area contributed by atoms with Gasteiger partial charge in [-0.15, -0.1) is 0 Å². The van der Waals surface area contributed by atoms with E-state index in [9.17, 15) is 14.0 Å². The summed E-state index contributed by atoms with van der Waals surface area (Å²) in [6.45, 7) is 5.11. The maximum absolute atomic E-state index is 13.2. The van der Waals surface area contributed by atoms with E-state index in [-0.39, 0.29) is 18.3 Å². The summed E-state index contributed by atoms with van der Waals surface area (Å²) in [5, 5.41) is 3.76. The molecule has 0 unspecified atom stereocenters. The number of hydrogen-bond donors (Lipinski definition) is 1. The molecule has 1 aromatic heterocycles. The molecule has 4 rings (SSSR count). The van der Waals surface area contributed by atoms with Crippen molar-refractivity contribution in [2.24, 2.45) is 7.05 Å². The molecule has 0 atom stereocenters. The Morgan fingerprint density at radius 3 is 2.41 bits per heavy atom. The standard InChI is InChI=1S/C24H27FN4O3/c1-16-4-9-20-19(14-16)22(23(27(20)2)24(31)32-3)26-21(30)15-28-10-12-29(13-11-28)18-7-5-17(25)6-8-18/h4-9,14H,10-13,15H2,1-3H3,(H,26,30). The van der Waals surface area contributed by atoms with Crippen LogP contribution in [0.25, 0.3) is 10.9 Å². The number of nitrogens with one attached hydrogen (secondary N) is 1. The normalized spacial score (nSPS) is 14.6. The number of carbonyl (C=O) groups excluding carboxylic acids is 2. The number of anilines is 2. The summed E-state index contributed by atoms with van der Waals surface area (Å²) in [7, 11) is 3.12. The number of benzene rings is 2. The van der Waals surface area contributed by atoms with Crippen molar-refractivity contribution in [3.63, 3.8) is 0 Å². The fourth-order valence-corrected chi connectivity index (χ4v) is 4.22. The number of aromatic nitrogens is 1. The van der Waals surface area contributed by atoms with Crippen LogP contribution >= 0.6 is 0 Å². The molecule has 168 valence electrons. The molecule has 32 heavy (non-hydrogen) atoms. The zero-order valence-corrected chi connectivity index (χ0v) is 18.5. The molecule has 0 spiro atoms. The van der Waals surface area contributed by atoms with Crippen LogP contribution in [0.1, 0.15) is 16.1 Å². The van der Waals surface area contributed by atoms with Crippen LogP contribution in [0.3, 0.4) is 0 Å². The van der Waals surface area contributed by atoms with Crippen LogP contribution < -0.4 is 10.2 Å². The predicted octanol–water partition coefficient (Wildman–Crippen LogP) is 3.17. The minimum Gasteiger partial charge on any atom is -0.464 e. The van der Waals surface area contributed by atoms with Crippen molar-refractivity contribution in [2.75, 3.05) is 50.1 Å². The van der Waals surface area contributed by atoms with Crippen LogP contribution in [-0.4, -0.2) is 61.2 Å². The lowest BCUT2D eigenvalue weighted by Crippen LogP contribution is -2.48. The van der Waals surface area contributed by atoms with Gasteiger partial charge in [0.2, 0.25) is 5.91 Å². The average Bonchev–Trinajstić information content (AvgIpc) is 3.05. The fourth-order valence-electron chi connectivity index (χ4n) is 4.22. The van der Waals surface area contributed by atoms with Gasteiger partial charge < -0.3 is 19.5 Å². The Labute approximate surface area is 186 Å². The molecule has 8 heteroatoms. The number of esters is 1. The SMILES string of the molecule is COC(=O)c1c(NC(=O)CN2CCN(c3ccc(F)cc3)CC2)c2cc(C)ccc2n1C. The number of ether oxygens (including phenoxy) is 1. The summed E-state index contributed by atoms with van der Waals surface area (Å²) in [4.78, 5) is 29.6.